The summed E-state index contributed by atoms with van der Waals surface area (Å²) < 4.78 is 10.3. The molecule has 0 aliphatic heterocycles. The van der Waals surface area contributed by atoms with Gasteiger partial charge in [0.1, 0.15) is 5.75 Å². The highest BCUT2D eigenvalue weighted by Gasteiger charge is 2.12. The molecule has 0 spiro atoms. The average Bonchev–Trinajstić information content (AvgIpc) is 2.92. The van der Waals surface area contributed by atoms with Crippen molar-refractivity contribution in [2.75, 3.05) is 19.5 Å². The average molecular weight is 277 g/mol. The molecule has 0 fully saturated rings. The van der Waals surface area contributed by atoms with Gasteiger partial charge in [-0.05, 0) is 29.6 Å². The van der Waals surface area contributed by atoms with Crippen molar-refractivity contribution in [1.29, 1.82) is 0 Å². The summed E-state index contributed by atoms with van der Waals surface area (Å²) in [7, 11) is 1.54. The number of nitrogen functional groups attached to an aromatic ring is 1. The van der Waals surface area contributed by atoms with Crippen molar-refractivity contribution in [2.24, 2.45) is 0 Å². The number of anilines is 1. The molecule has 19 heavy (non-hydrogen) atoms. The molecular weight excluding hydrogens is 262 g/mol. The quantitative estimate of drug-likeness (QED) is 0.674. The molecule has 4 nitrogen and oxygen atoms in total. The molecule has 0 unspecified atom stereocenters. The minimum Gasteiger partial charge on any atom is -0.497 e. The van der Waals surface area contributed by atoms with Crippen LogP contribution in [0.3, 0.4) is 0 Å². The van der Waals surface area contributed by atoms with Gasteiger partial charge in [0.25, 0.3) is 0 Å². The topological polar surface area (TPSA) is 61.5 Å². The molecule has 0 bridgehead atoms. The van der Waals surface area contributed by atoms with Gasteiger partial charge in [-0.2, -0.15) is 0 Å². The van der Waals surface area contributed by atoms with E-state index in [-0.39, 0.29) is 0 Å². The highest BCUT2D eigenvalue weighted by molar-refractivity contribution is 7.09. The summed E-state index contributed by atoms with van der Waals surface area (Å²) in [5.74, 6) is 0.160. The second-order valence-corrected chi connectivity index (χ2v) is 4.95. The first-order valence-corrected chi connectivity index (χ1v) is 6.71. The van der Waals surface area contributed by atoms with E-state index in [1.165, 1.54) is 12.0 Å². The number of carbonyl (C=O) groups excluding carboxylic acids is 1. The summed E-state index contributed by atoms with van der Waals surface area (Å²) in [6, 6.07) is 8.91. The van der Waals surface area contributed by atoms with Gasteiger partial charge in [-0.25, -0.2) is 4.79 Å². The molecule has 2 N–H and O–H groups in total. The maximum atomic E-state index is 11.9. The third-order valence-corrected chi connectivity index (χ3v) is 3.58. The van der Waals surface area contributed by atoms with Crippen molar-refractivity contribution < 1.29 is 14.3 Å². The van der Waals surface area contributed by atoms with E-state index in [4.69, 9.17) is 15.2 Å². The maximum Gasteiger partial charge on any atom is 0.340 e. The molecular formula is C14H15NO3S. The van der Waals surface area contributed by atoms with E-state index in [0.717, 1.165) is 0 Å². The number of benzene rings is 1. The Kier molecular flexibility index (Phi) is 4.41. The number of thiophene rings is 1. The summed E-state index contributed by atoms with van der Waals surface area (Å²) in [6.07, 6.45) is 0.716. The van der Waals surface area contributed by atoms with E-state index >= 15 is 0 Å². The summed E-state index contributed by atoms with van der Waals surface area (Å²) in [5.41, 5.74) is 6.49. The molecule has 0 atom stereocenters. The Hall–Kier alpha value is -2.01. The van der Waals surface area contributed by atoms with Gasteiger partial charge >= 0.3 is 5.97 Å². The first-order valence-electron chi connectivity index (χ1n) is 5.83. The Balaban J connectivity index is 1.95. The standard InChI is InChI=1S/C14H15NO3S/c1-17-10-4-5-13(15)12(9-10)14(16)18-7-6-11-3-2-8-19-11/h2-5,8-9H,6-7,15H2,1H3. The summed E-state index contributed by atoms with van der Waals surface area (Å²) in [5, 5.41) is 2.00. The Morgan fingerprint density at radius 3 is 2.89 bits per heavy atom. The Bertz CT molecular complexity index is 552. The van der Waals surface area contributed by atoms with E-state index in [1.807, 2.05) is 17.5 Å². The van der Waals surface area contributed by atoms with Crippen LogP contribution in [0, 0.1) is 0 Å². The Morgan fingerprint density at radius 1 is 1.37 bits per heavy atom. The number of nitrogens with two attached hydrogens (primary N) is 1. The van der Waals surface area contributed by atoms with Gasteiger partial charge in [-0.3, -0.25) is 0 Å². The molecule has 5 heteroatoms. The van der Waals surface area contributed by atoms with Crippen LogP contribution in [0.25, 0.3) is 0 Å². The second-order valence-electron chi connectivity index (χ2n) is 3.92. The number of hydrogen-bond acceptors (Lipinski definition) is 5. The van der Waals surface area contributed by atoms with Crippen molar-refractivity contribution >= 4 is 23.0 Å². The van der Waals surface area contributed by atoms with Crippen LogP contribution in [-0.2, 0) is 11.2 Å². The zero-order valence-electron chi connectivity index (χ0n) is 10.6. The Labute approximate surface area is 115 Å². The number of methoxy groups -OCH3 is 1. The fourth-order valence-corrected chi connectivity index (χ4v) is 2.31. The Morgan fingerprint density at radius 2 is 2.21 bits per heavy atom. The predicted molar refractivity (Wildman–Crippen MR) is 75.7 cm³/mol. The van der Waals surface area contributed by atoms with E-state index in [1.54, 1.807) is 29.5 Å². The largest absolute Gasteiger partial charge is 0.497 e. The molecule has 2 rings (SSSR count). The summed E-state index contributed by atoms with van der Waals surface area (Å²) >= 11 is 1.64. The van der Waals surface area contributed by atoms with Crippen LogP contribution in [0.1, 0.15) is 15.2 Å². The fourth-order valence-electron chi connectivity index (χ4n) is 1.62. The first-order chi connectivity index (χ1) is 9.20. The molecule has 0 aliphatic rings. The highest BCUT2D eigenvalue weighted by atomic mass is 32.1. The third kappa shape index (κ3) is 3.48. The molecule has 1 aromatic carbocycles. The number of carbonyl (C=O) groups is 1. The highest BCUT2D eigenvalue weighted by Crippen LogP contribution is 2.20. The molecule has 0 radical (unpaired) electrons. The second kappa shape index (κ2) is 6.24. The van der Waals surface area contributed by atoms with Gasteiger partial charge in [0, 0.05) is 17.0 Å². The molecule has 1 heterocycles. The minimum absolute atomic E-state index is 0.338. The van der Waals surface area contributed by atoms with Crippen molar-refractivity contribution in [1.82, 2.24) is 0 Å². The lowest BCUT2D eigenvalue weighted by Crippen LogP contribution is -2.10. The van der Waals surface area contributed by atoms with E-state index in [9.17, 15) is 4.79 Å². The van der Waals surface area contributed by atoms with Crippen LogP contribution in [-0.4, -0.2) is 19.7 Å². The van der Waals surface area contributed by atoms with E-state index in [2.05, 4.69) is 0 Å². The zero-order valence-corrected chi connectivity index (χ0v) is 11.4. The molecule has 0 amide bonds. The number of rotatable bonds is 5. The van der Waals surface area contributed by atoms with Gasteiger partial charge < -0.3 is 15.2 Å². The molecule has 0 saturated carbocycles. The van der Waals surface area contributed by atoms with Gasteiger partial charge in [-0.1, -0.05) is 6.07 Å². The van der Waals surface area contributed by atoms with Crippen LogP contribution >= 0.6 is 11.3 Å². The number of esters is 1. The van der Waals surface area contributed by atoms with E-state index in [0.29, 0.717) is 30.0 Å². The van der Waals surface area contributed by atoms with Crippen LogP contribution in [0.15, 0.2) is 35.7 Å². The van der Waals surface area contributed by atoms with Gasteiger partial charge in [0.15, 0.2) is 0 Å². The monoisotopic (exact) mass is 277 g/mol. The summed E-state index contributed by atoms with van der Waals surface area (Å²) in [6.45, 7) is 0.343. The smallest absolute Gasteiger partial charge is 0.340 e. The van der Waals surface area contributed by atoms with Gasteiger partial charge in [-0.15, -0.1) is 11.3 Å². The molecule has 100 valence electrons. The SMILES string of the molecule is COc1ccc(N)c(C(=O)OCCc2cccs2)c1. The van der Waals surface area contributed by atoms with E-state index < -0.39 is 5.97 Å². The third-order valence-electron chi connectivity index (χ3n) is 2.64. The zero-order chi connectivity index (χ0) is 13.7. The maximum absolute atomic E-state index is 11.9. The fraction of sp³-hybridized carbons (Fsp3) is 0.214. The van der Waals surface area contributed by atoms with Crippen molar-refractivity contribution in [3.63, 3.8) is 0 Å². The molecule has 0 aliphatic carbocycles. The normalized spacial score (nSPS) is 10.2. The lowest BCUT2D eigenvalue weighted by atomic mass is 10.2. The van der Waals surface area contributed by atoms with Crippen molar-refractivity contribution in [2.45, 2.75) is 6.42 Å². The molecule has 2 aromatic rings. The molecule has 1 aromatic heterocycles. The van der Waals surface area contributed by atoms with Gasteiger partial charge in [0.2, 0.25) is 0 Å². The van der Waals surface area contributed by atoms with Crippen molar-refractivity contribution in [3.05, 3.63) is 46.2 Å². The predicted octanol–water partition coefficient (Wildman–Crippen LogP) is 2.74. The van der Waals surface area contributed by atoms with Crippen LogP contribution < -0.4 is 10.5 Å². The van der Waals surface area contributed by atoms with Crippen LogP contribution in [0.5, 0.6) is 5.75 Å². The number of ether oxygens (including phenoxy) is 2. The lowest BCUT2D eigenvalue weighted by molar-refractivity contribution is 0.0511. The van der Waals surface area contributed by atoms with Crippen molar-refractivity contribution in [3.8, 4) is 5.75 Å². The first kappa shape index (κ1) is 13.4. The number of hydrogen-bond donors (Lipinski definition) is 1. The van der Waals surface area contributed by atoms with Crippen LogP contribution in [0.4, 0.5) is 5.69 Å². The van der Waals surface area contributed by atoms with Gasteiger partial charge in [0.05, 0.1) is 19.3 Å². The minimum atomic E-state index is -0.423. The lowest BCUT2D eigenvalue weighted by Gasteiger charge is -2.08. The summed E-state index contributed by atoms with van der Waals surface area (Å²) in [4.78, 5) is 13.1. The molecule has 0 saturated heterocycles. The van der Waals surface area contributed by atoms with Crippen LogP contribution in [0.2, 0.25) is 0 Å².